The van der Waals surface area contributed by atoms with Gasteiger partial charge in [0.25, 0.3) is 0 Å². The van der Waals surface area contributed by atoms with Gasteiger partial charge in [0.15, 0.2) is 0 Å². The highest BCUT2D eigenvalue weighted by Gasteiger charge is 2.22. The summed E-state index contributed by atoms with van der Waals surface area (Å²) < 4.78 is 5.09. The number of aryl methyl sites for hydroxylation is 1. The molecular weight excluding hydrogens is 206 g/mol. The number of methoxy groups -OCH3 is 1. The first-order chi connectivity index (χ1) is 7.47. The molecule has 2 atom stereocenters. The molecule has 0 fully saturated rings. The van der Waals surface area contributed by atoms with Crippen LogP contribution in [0.5, 0.6) is 5.75 Å². The summed E-state index contributed by atoms with van der Waals surface area (Å²) in [5, 5.41) is 8.86. The van der Waals surface area contributed by atoms with Gasteiger partial charge in [0.2, 0.25) is 0 Å². The number of hydrogen-bond acceptors (Lipinski definition) is 3. The minimum absolute atomic E-state index is 0.219. The Morgan fingerprint density at radius 3 is 2.56 bits per heavy atom. The molecule has 0 spiro atoms. The molecule has 0 aliphatic carbocycles. The second-order valence-electron chi connectivity index (χ2n) is 3.88. The van der Waals surface area contributed by atoms with Crippen LogP contribution in [-0.4, -0.2) is 24.2 Å². The molecule has 88 valence electrons. The molecule has 1 aromatic rings. The van der Waals surface area contributed by atoms with Crippen molar-refractivity contribution < 1.29 is 14.6 Å². The highest BCUT2D eigenvalue weighted by Crippen LogP contribution is 2.25. The third-order valence-electron chi connectivity index (χ3n) is 2.79. The van der Waals surface area contributed by atoms with E-state index in [4.69, 9.17) is 15.6 Å². The Kier molecular flexibility index (Phi) is 3.90. The summed E-state index contributed by atoms with van der Waals surface area (Å²) in [4.78, 5) is 10.8. The molecule has 3 N–H and O–H groups in total. The Bertz CT molecular complexity index is 390. The summed E-state index contributed by atoms with van der Waals surface area (Å²) in [6.07, 6.45) is 0. The Morgan fingerprint density at radius 1 is 1.50 bits per heavy atom. The highest BCUT2D eigenvalue weighted by molar-refractivity contribution is 5.74. The average molecular weight is 223 g/mol. The maximum Gasteiger partial charge on any atom is 0.321 e. The SMILES string of the molecule is COc1ccc([C@@H](C)[C@H](N)C(=O)O)c(C)c1. The fourth-order valence-electron chi connectivity index (χ4n) is 1.69. The smallest absolute Gasteiger partial charge is 0.321 e. The van der Waals surface area contributed by atoms with Crippen LogP contribution in [-0.2, 0) is 4.79 Å². The summed E-state index contributed by atoms with van der Waals surface area (Å²) in [5.41, 5.74) is 7.53. The minimum atomic E-state index is -0.984. The zero-order chi connectivity index (χ0) is 12.3. The third kappa shape index (κ3) is 2.52. The number of carbonyl (C=O) groups is 1. The summed E-state index contributed by atoms with van der Waals surface area (Å²) in [6.45, 7) is 3.73. The molecule has 16 heavy (non-hydrogen) atoms. The highest BCUT2D eigenvalue weighted by atomic mass is 16.5. The largest absolute Gasteiger partial charge is 0.497 e. The van der Waals surface area contributed by atoms with Gasteiger partial charge in [-0.1, -0.05) is 13.0 Å². The molecule has 0 unspecified atom stereocenters. The summed E-state index contributed by atoms with van der Waals surface area (Å²) in [6, 6.07) is 4.67. The fraction of sp³-hybridized carbons (Fsp3) is 0.417. The van der Waals surface area contributed by atoms with E-state index in [-0.39, 0.29) is 5.92 Å². The fourth-order valence-corrected chi connectivity index (χ4v) is 1.69. The minimum Gasteiger partial charge on any atom is -0.497 e. The second-order valence-corrected chi connectivity index (χ2v) is 3.88. The monoisotopic (exact) mass is 223 g/mol. The van der Waals surface area contributed by atoms with E-state index in [2.05, 4.69) is 0 Å². The van der Waals surface area contributed by atoms with Crippen LogP contribution in [0.15, 0.2) is 18.2 Å². The lowest BCUT2D eigenvalue weighted by atomic mass is 9.90. The van der Waals surface area contributed by atoms with E-state index >= 15 is 0 Å². The first-order valence-electron chi connectivity index (χ1n) is 5.10. The number of hydrogen-bond donors (Lipinski definition) is 2. The van der Waals surface area contributed by atoms with Gasteiger partial charge >= 0.3 is 5.97 Å². The van der Waals surface area contributed by atoms with Crippen molar-refractivity contribution in [3.05, 3.63) is 29.3 Å². The van der Waals surface area contributed by atoms with Gasteiger partial charge in [-0.15, -0.1) is 0 Å². The van der Waals surface area contributed by atoms with Gasteiger partial charge < -0.3 is 15.6 Å². The van der Waals surface area contributed by atoms with E-state index in [1.165, 1.54) is 0 Å². The molecule has 0 aliphatic rings. The van der Waals surface area contributed by atoms with Gasteiger partial charge in [0.1, 0.15) is 11.8 Å². The molecule has 0 radical (unpaired) electrons. The topological polar surface area (TPSA) is 72.5 Å². The van der Waals surface area contributed by atoms with Crippen LogP contribution in [0.1, 0.15) is 24.0 Å². The van der Waals surface area contributed by atoms with Crippen LogP contribution in [0.4, 0.5) is 0 Å². The molecule has 0 saturated heterocycles. The first-order valence-corrected chi connectivity index (χ1v) is 5.10. The van der Waals surface area contributed by atoms with Crippen molar-refractivity contribution in [2.24, 2.45) is 5.73 Å². The van der Waals surface area contributed by atoms with Gasteiger partial charge in [-0.25, -0.2) is 0 Å². The number of rotatable bonds is 4. The van der Waals surface area contributed by atoms with Gasteiger partial charge in [-0.05, 0) is 30.2 Å². The number of carboxylic acid groups (broad SMARTS) is 1. The lowest BCUT2D eigenvalue weighted by Gasteiger charge is -2.19. The molecule has 1 rings (SSSR count). The molecule has 0 aliphatic heterocycles. The molecular formula is C12H17NO3. The molecule has 0 aromatic heterocycles. The van der Waals surface area contributed by atoms with Crippen LogP contribution >= 0.6 is 0 Å². The van der Waals surface area contributed by atoms with E-state index < -0.39 is 12.0 Å². The Morgan fingerprint density at radius 2 is 2.12 bits per heavy atom. The molecule has 1 aromatic carbocycles. The van der Waals surface area contributed by atoms with Gasteiger partial charge in [-0.3, -0.25) is 4.79 Å². The van der Waals surface area contributed by atoms with Crippen LogP contribution in [0.2, 0.25) is 0 Å². The first kappa shape index (κ1) is 12.5. The number of nitrogens with two attached hydrogens (primary N) is 1. The average Bonchev–Trinajstić information content (AvgIpc) is 2.26. The summed E-state index contributed by atoms with van der Waals surface area (Å²) >= 11 is 0. The summed E-state index contributed by atoms with van der Waals surface area (Å²) in [7, 11) is 1.60. The molecule has 4 heteroatoms. The van der Waals surface area contributed by atoms with E-state index in [1.54, 1.807) is 7.11 Å². The number of aliphatic carboxylic acids is 1. The molecule has 0 bridgehead atoms. The molecule has 4 nitrogen and oxygen atoms in total. The van der Waals surface area contributed by atoms with Crippen molar-refractivity contribution in [1.29, 1.82) is 0 Å². The van der Waals surface area contributed by atoms with Crippen LogP contribution in [0.3, 0.4) is 0 Å². The third-order valence-corrected chi connectivity index (χ3v) is 2.79. The predicted octanol–water partition coefficient (Wildman–Crippen LogP) is 1.52. The summed E-state index contributed by atoms with van der Waals surface area (Å²) in [5.74, 6) is -0.441. The molecule has 0 heterocycles. The Hall–Kier alpha value is -1.55. The van der Waals surface area contributed by atoms with E-state index in [1.807, 2.05) is 32.0 Å². The van der Waals surface area contributed by atoms with Gasteiger partial charge in [0, 0.05) is 5.92 Å². The van der Waals surface area contributed by atoms with Crippen molar-refractivity contribution in [3.8, 4) is 5.75 Å². The van der Waals surface area contributed by atoms with Crippen molar-refractivity contribution in [2.75, 3.05) is 7.11 Å². The van der Waals surface area contributed by atoms with Crippen molar-refractivity contribution in [3.63, 3.8) is 0 Å². The van der Waals surface area contributed by atoms with E-state index in [0.29, 0.717) is 0 Å². The molecule has 0 amide bonds. The standard InChI is InChI=1S/C12H17NO3/c1-7-6-9(16-3)4-5-10(7)8(2)11(13)12(14)15/h4-6,8,11H,13H2,1-3H3,(H,14,15)/t8-,11+/m1/s1. The number of carboxylic acids is 1. The maximum atomic E-state index is 10.8. The normalized spacial score (nSPS) is 14.2. The van der Waals surface area contributed by atoms with Crippen molar-refractivity contribution >= 4 is 5.97 Å². The quantitative estimate of drug-likeness (QED) is 0.811. The van der Waals surface area contributed by atoms with Crippen molar-refractivity contribution in [1.82, 2.24) is 0 Å². The lowest BCUT2D eigenvalue weighted by Crippen LogP contribution is -2.35. The lowest BCUT2D eigenvalue weighted by molar-refractivity contribution is -0.139. The number of benzene rings is 1. The van der Waals surface area contributed by atoms with Crippen LogP contribution in [0.25, 0.3) is 0 Å². The maximum absolute atomic E-state index is 10.8. The number of ether oxygens (including phenoxy) is 1. The Balaban J connectivity index is 3.00. The second kappa shape index (κ2) is 4.99. The predicted molar refractivity (Wildman–Crippen MR) is 61.8 cm³/mol. The van der Waals surface area contributed by atoms with E-state index in [9.17, 15) is 4.79 Å². The Labute approximate surface area is 95.0 Å². The van der Waals surface area contributed by atoms with Crippen LogP contribution < -0.4 is 10.5 Å². The zero-order valence-electron chi connectivity index (χ0n) is 9.73. The molecule has 0 saturated carbocycles. The van der Waals surface area contributed by atoms with Crippen LogP contribution in [0, 0.1) is 6.92 Å². The van der Waals surface area contributed by atoms with E-state index in [0.717, 1.165) is 16.9 Å². The zero-order valence-corrected chi connectivity index (χ0v) is 9.73. The van der Waals surface area contributed by atoms with Gasteiger partial charge in [-0.2, -0.15) is 0 Å². The van der Waals surface area contributed by atoms with Crippen molar-refractivity contribution in [2.45, 2.75) is 25.8 Å². The van der Waals surface area contributed by atoms with Gasteiger partial charge in [0.05, 0.1) is 7.11 Å².